The number of aromatic amines is 1. The molecule has 0 spiro atoms. The number of rotatable bonds is 2. The third-order valence-corrected chi connectivity index (χ3v) is 5.72. The summed E-state index contributed by atoms with van der Waals surface area (Å²) in [6.45, 7) is 11.4. The number of fused-ring (bicyclic) bond motifs is 1. The van der Waals surface area contributed by atoms with Crippen LogP contribution in [0.4, 0.5) is 5.82 Å². The van der Waals surface area contributed by atoms with Gasteiger partial charge in [-0.3, -0.25) is 9.89 Å². The molecule has 1 N–H and O–H groups in total. The van der Waals surface area contributed by atoms with E-state index >= 15 is 0 Å². The van der Waals surface area contributed by atoms with Crippen LogP contribution in [-0.4, -0.2) is 57.2 Å². The molecule has 2 aliphatic heterocycles. The number of aryl methyl sites for hydroxylation is 3. The number of anilines is 1. The quantitative estimate of drug-likeness (QED) is 0.899. The first-order chi connectivity index (χ1) is 12.0. The average molecular weight is 340 g/mol. The Morgan fingerprint density at radius 2 is 1.72 bits per heavy atom. The van der Waals surface area contributed by atoms with E-state index in [2.05, 4.69) is 32.0 Å². The summed E-state index contributed by atoms with van der Waals surface area (Å²) in [5, 5.41) is 7.07. The fourth-order valence-corrected chi connectivity index (χ4v) is 4.20. The first-order valence-electron chi connectivity index (χ1n) is 8.79. The lowest BCUT2D eigenvalue weighted by Gasteiger charge is -2.24. The van der Waals surface area contributed by atoms with Crippen LogP contribution in [0.5, 0.6) is 0 Å². The van der Waals surface area contributed by atoms with Crippen LogP contribution >= 0.6 is 0 Å². The number of nitrogens with one attached hydrogen (secondary N) is 1. The van der Waals surface area contributed by atoms with Crippen molar-refractivity contribution in [2.24, 2.45) is 11.8 Å². The van der Waals surface area contributed by atoms with Crippen LogP contribution in [0.3, 0.4) is 0 Å². The topological polar surface area (TPSA) is 78.0 Å². The van der Waals surface area contributed by atoms with Gasteiger partial charge >= 0.3 is 0 Å². The van der Waals surface area contributed by atoms with E-state index in [1.807, 2.05) is 25.7 Å². The van der Waals surface area contributed by atoms with Crippen LogP contribution in [0.15, 0.2) is 6.33 Å². The predicted octanol–water partition coefficient (Wildman–Crippen LogP) is 1.64. The fourth-order valence-electron chi connectivity index (χ4n) is 4.20. The van der Waals surface area contributed by atoms with Crippen LogP contribution < -0.4 is 4.90 Å². The molecular weight excluding hydrogens is 316 g/mol. The molecule has 2 unspecified atom stereocenters. The number of likely N-dealkylation sites (tertiary alicyclic amines) is 1. The molecule has 4 heterocycles. The van der Waals surface area contributed by atoms with Crippen molar-refractivity contribution in [2.45, 2.75) is 27.7 Å². The Bertz CT molecular complexity index is 795. The third kappa shape index (κ3) is 2.58. The molecular formula is C18H24N6O. The summed E-state index contributed by atoms with van der Waals surface area (Å²) < 4.78 is 0. The Morgan fingerprint density at radius 3 is 2.32 bits per heavy atom. The monoisotopic (exact) mass is 340 g/mol. The van der Waals surface area contributed by atoms with Gasteiger partial charge in [0.2, 0.25) is 0 Å². The zero-order valence-corrected chi connectivity index (χ0v) is 15.2. The molecule has 2 aliphatic rings. The molecule has 25 heavy (non-hydrogen) atoms. The highest BCUT2D eigenvalue weighted by Gasteiger charge is 2.43. The molecule has 0 bridgehead atoms. The lowest BCUT2D eigenvalue weighted by Crippen LogP contribution is -2.34. The van der Waals surface area contributed by atoms with E-state index in [0.717, 1.165) is 60.2 Å². The van der Waals surface area contributed by atoms with Crippen molar-refractivity contribution in [3.05, 3.63) is 34.5 Å². The van der Waals surface area contributed by atoms with Crippen LogP contribution in [-0.2, 0) is 0 Å². The van der Waals surface area contributed by atoms with Gasteiger partial charge in [0.1, 0.15) is 12.1 Å². The first-order valence-corrected chi connectivity index (χ1v) is 8.79. The number of nitrogens with zero attached hydrogens (tertiary/aromatic N) is 5. The van der Waals surface area contributed by atoms with Gasteiger partial charge < -0.3 is 9.80 Å². The van der Waals surface area contributed by atoms with Gasteiger partial charge in [-0.2, -0.15) is 5.10 Å². The summed E-state index contributed by atoms with van der Waals surface area (Å²) in [6.07, 6.45) is 1.64. The Morgan fingerprint density at radius 1 is 1.04 bits per heavy atom. The maximum absolute atomic E-state index is 12.9. The molecule has 2 aromatic rings. The van der Waals surface area contributed by atoms with E-state index in [-0.39, 0.29) is 5.91 Å². The van der Waals surface area contributed by atoms with Gasteiger partial charge in [-0.05, 0) is 27.7 Å². The summed E-state index contributed by atoms with van der Waals surface area (Å²) >= 11 is 0. The smallest absolute Gasteiger partial charge is 0.257 e. The van der Waals surface area contributed by atoms with E-state index in [1.165, 1.54) is 0 Å². The number of hydrogen-bond donors (Lipinski definition) is 1. The molecule has 0 aliphatic carbocycles. The molecule has 1 amide bonds. The van der Waals surface area contributed by atoms with Crippen LogP contribution in [0, 0.1) is 39.5 Å². The number of hydrogen-bond acceptors (Lipinski definition) is 5. The van der Waals surface area contributed by atoms with E-state index in [4.69, 9.17) is 0 Å². The fraction of sp³-hybridized carbons (Fsp3) is 0.556. The second-order valence-electron chi connectivity index (χ2n) is 7.35. The van der Waals surface area contributed by atoms with Crippen molar-refractivity contribution in [2.75, 3.05) is 31.1 Å². The van der Waals surface area contributed by atoms with Crippen molar-refractivity contribution in [3.8, 4) is 0 Å². The minimum Gasteiger partial charge on any atom is -0.356 e. The van der Waals surface area contributed by atoms with Gasteiger partial charge in [-0.15, -0.1) is 0 Å². The summed E-state index contributed by atoms with van der Waals surface area (Å²) in [7, 11) is 0. The maximum Gasteiger partial charge on any atom is 0.257 e. The van der Waals surface area contributed by atoms with Crippen molar-refractivity contribution in [3.63, 3.8) is 0 Å². The number of aromatic nitrogens is 4. The molecule has 0 saturated carbocycles. The maximum atomic E-state index is 12.9. The predicted molar refractivity (Wildman–Crippen MR) is 94.7 cm³/mol. The van der Waals surface area contributed by atoms with Gasteiger partial charge in [0, 0.05) is 55.0 Å². The molecule has 7 heteroatoms. The van der Waals surface area contributed by atoms with E-state index < -0.39 is 0 Å². The number of carbonyl (C=O) groups excluding carboxylic acids is 1. The van der Waals surface area contributed by atoms with Crippen LogP contribution in [0.25, 0.3) is 0 Å². The van der Waals surface area contributed by atoms with Gasteiger partial charge in [-0.25, -0.2) is 9.97 Å². The molecule has 4 rings (SSSR count). The van der Waals surface area contributed by atoms with Gasteiger partial charge in [0.15, 0.2) is 0 Å². The number of amides is 1. The van der Waals surface area contributed by atoms with Gasteiger partial charge in [0.25, 0.3) is 5.91 Å². The minimum absolute atomic E-state index is 0.110. The Balaban J connectivity index is 1.48. The van der Waals surface area contributed by atoms with Crippen LogP contribution in [0.2, 0.25) is 0 Å². The van der Waals surface area contributed by atoms with Crippen molar-refractivity contribution < 1.29 is 4.79 Å². The normalized spacial score (nSPS) is 22.6. The Kier molecular flexibility index (Phi) is 3.74. The Hall–Kier alpha value is -2.44. The molecule has 2 aromatic heterocycles. The summed E-state index contributed by atoms with van der Waals surface area (Å²) in [5.41, 5.74) is 4.56. The largest absolute Gasteiger partial charge is 0.356 e. The SMILES string of the molecule is Cc1ncnc(N2CC3CN(C(=O)c4c(C)n[nH]c4C)CC3C2)c1C. The highest BCUT2D eigenvalue weighted by molar-refractivity contribution is 5.96. The number of H-pyrrole nitrogens is 1. The second kappa shape index (κ2) is 5.82. The molecule has 7 nitrogen and oxygen atoms in total. The van der Waals surface area contributed by atoms with E-state index in [0.29, 0.717) is 11.8 Å². The summed E-state index contributed by atoms with van der Waals surface area (Å²) in [4.78, 5) is 26.0. The molecule has 2 saturated heterocycles. The van der Waals surface area contributed by atoms with Gasteiger partial charge in [0.05, 0.1) is 11.3 Å². The summed E-state index contributed by atoms with van der Waals surface area (Å²) in [5.74, 6) is 2.16. The molecule has 0 aromatic carbocycles. The standard InChI is InChI=1S/C18H24N6O/c1-10-11(2)19-9-20-17(10)23-5-14-7-24(8-15(14)6-23)18(25)16-12(3)21-22-13(16)4/h9,14-15H,5-8H2,1-4H3,(H,21,22). The van der Waals surface area contributed by atoms with Gasteiger partial charge in [-0.1, -0.05) is 0 Å². The van der Waals surface area contributed by atoms with E-state index in [1.54, 1.807) is 6.33 Å². The lowest BCUT2D eigenvalue weighted by molar-refractivity contribution is 0.0781. The average Bonchev–Trinajstić information content (AvgIpc) is 3.23. The Labute approximate surface area is 147 Å². The molecule has 2 atom stereocenters. The third-order valence-electron chi connectivity index (χ3n) is 5.72. The molecule has 0 radical (unpaired) electrons. The van der Waals surface area contributed by atoms with Crippen molar-refractivity contribution in [1.29, 1.82) is 0 Å². The van der Waals surface area contributed by atoms with Crippen molar-refractivity contribution >= 4 is 11.7 Å². The first kappa shape index (κ1) is 16.1. The minimum atomic E-state index is 0.110. The summed E-state index contributed by atoms with van der Waals surface area (Å²) in [6, 6.07) is 0. The van der Waals surface area contributed by atoms with Crippen molar-refractivity contribution in [1.82, 2.24) is 25.1 Å². The second-order valence-corrected chi connectivity index (χ2v) is 7.35. The zero-order chi connectivity index (χ0) is 17.7. The highest BCUT2D eigenvalue weighted by Crippen LogP contribution is 2.35. The molecule has 132 valence electrons. The zero-order valence-electron chi connectivity index (χ0n) is 15.2. The van der Waals surface area contributed by atoms with E-state index in [9.17, 15) is 4.79 Å². The molecule has 2 fully saturated rings. The van der Waals surface area contributed by atoms with Crippen LogP contribution in [0.1, 0.15) is 33.0 Å². The lowest BCUT2D eigenvalue weighted by atomic mass is 10.0. The number of carbonyl (C=O) groups is 1. The highest BCUT2D eigenvalue weighted by atomic mass is 16.2.